The van der Waals surface area contributed by atoms with Gasteiger partial charge in [0.2, 0.25) is 5.91 Å². The van der Waals surface area contributed by atoms with E-state index in [1.165, 1.54) is 25.7 Å². The molecule has 0 spiro atoms. The molecule has 1 atom stereocenters. The minimum absolute atomic E-state index is 0.00251. The van der Waals surface area contributed by atoms with Gasteiger partial charge in [0.25, 0.3) is 0 Å². The first-order valence-electron chi connectivity index (χ1n) is 9.18. The molecule has 4 rings (SSSR count). The van der Waals surface area contributed by atoms with Crippen LogP contribution in [0.3, 0.4) is 0 Å². The van der Waals surface area contributed by atoms with Crippen LogP contribution < -0.4 is 5.32 Å². The average molecular weight is 340 g/mol. The van der Waals surface area contributed by atoms with Gasteiger partial charge in [-0.2, -0.15) is 0 Å². The normalized spacial score (nSPS) is 21.7. The Bertz CT molecular complexity index is 710. The van der Waals surface area contributed by atoms with Crippen LogP contribution in [0.25, 0.3) is 5.69 Å². The molecule has 1 aromatic carbocycles. The summed E-state index contributed by atoms with van der Waals surface area (Å²) in [7, 11) is 0. The van der Waals surface area contributed by atoms with Gasteiger partial charge in [-0.15, -0.1) is 5.10 Å². The van der Waals surface area contributed by atoms with Crippen molar-refractivity contribution in [3.63, 3.8) is 0 Å². The number of hydrogen-bond acceptors (Lipinski definition) is 5. The molecule has 2 aliphatic rings. The zero-order valence-corrected chi connectivity index (χ0v) is 14.3. The van der Waals surface area contributed by atoms with Gasteiger partial charge >= 0.3 is 0 Å². The van der Waals surface area contributed by atoms with Gasteiger partial charge in [-0.05, 0) is 66.8 Å². The standard InChI is InChI=1S/C18H24N6O/c25-18(17-9-4-10-23(17)12-14-5-1-2-6-14)20-15-7-3-8-16(11-15)24-13-19-21-22-24/h3,7-8,11,13-14,17H,1-2,4-6,9-10,12H2,(H,20,25)/t17-/m0/s1. The zero-order chi connectivity index (χ0) is 17.1. The second-order valence-corrected chi connectivity index (χ2v) is 7.10. The Kier molecular flexibility index (Phi) is 4.74. The maximum absolute atomic E-state index is 12.8. The van der Waals surface area contributed by atoms with E-state index >= 15 is 0 Å². The number of aromatic nitrogens is 4. The topological polar surface area (TPSA) is 75.9 Å². The molecule has 132 valence electrons. The molecular weight excluding hydrogens is 316 g/mol. The van der Waals surface area contributed by atoms with Crippen LogP contribution in [0.5, 0.6) is 0 Å². The molecule has 1 aliphatic carbocycles. The van der Waals surface area contributed by atoms with Crippen molar-refractivity contribution in [2.45, 2.75) is 44.6 Å². The Labute approximate surface area is 147 Å². The number of rotatable bonds is 5. The first-order valence-corrected chi connectivity index (χ1v) is 9.18. The molecule has 0 radical (unpaired) electrons. The van der Waals surface area contributed by atoms with E-state index in [4.69, 9.17) is 0 Å². The minimum Gasteiger partial charge on any atom is -0.325 e. The Hall–Kier alpha value is -2.28. The SMILES string of the molecule is O=C(Nc1cccc(-n2cnnn2)c1)[C@@H]1CCCN1CC1CCCC1. The highest BCUT2D eigenvalue weighted by Gasteiger charge is 2.32. The van der Waals surface area contributed by atoms with E-state index in [1.54, 1.807) is 11.0 Å². The lowest BCUT2D eigenvalue weighted by Crippen LogP contribution is -2.41. The van der Waals surface area contributed by atoms with Gasteiger partial charge in [0.15, 0.2) is 0 Å². The molecule has 2 fully saturated rings. The van der Waals surface area contributed by atoms with Crippen molar-refractivity contribution in [3.8, 4) is 5.69 Å². The molecule has 1 aliphatic heterocycles. The smallest absolute Gasteiger partial charge is 0.241 e. The fourth-order valence-electron chi connectivity index (χ4n) is 4.10. The van der Waals surface area contributed by atoms with Crippen molar-refractivity contribution in [2.24, 2.45) is 5.92 Å². The molecule has 1 aromatic heterocycles. The number of tetrazole rings is 1. The molecule has 1 saturated heterocycles. The Morgan fingerprint density at radius 2 is 2.08 bits per heavy atom. The third-order valence-corrected chi connectivity index (χ3v) is 5.36. The van der Waals surface area contributed by atoms with Gasteiger partial charge in [-0.3, -0.25) is 9.69 Å². The molecule has 2 aromatic rings. The molecule has 2 heterocycles. The number of amides is 1. The number of hydrogen-bond donors (Lipinski definition) is 1. The maximum atomic E-state index is 12.8. The molecule has 1 saturated carbocycles. The molecule has 0 bridgehead atoms. The lowest BCUT2D eigenvalue weighted by atomic mass is 10.1. The summed E-state index contributed by atoms with van der Waals surface area (Å²) in [4.78, 5) is 15.2. The van der Waals surface area contributed by atoms with Crippen LogP contribution in [0.2, 0.25) is 0 Å². The van der Waals surface area contributed by atoms with E-state index in [1.807, 2.05) is 24.3 Å². The molecule has 0 unspecified atom stereocenters. The second-order valence-electron chi connectivity index (χ2n) is 7.10. The van der Waals surface area contributed by atoms with Gasteiger partial charge < -0.3 is 5.32 Å². The summed E-state index contributed by atoms with van der Waals surface area (Å²) in [5, 5.41) is 14.3. The number of nitrogens with zero attached hydrogens (tertiary/aromatic N) is 5. The largest absolute Gasteiger partial charge is 0.325 e. The van der Waals surface area contributed by atoms with Gasteiger partial charge in [0, 0.05) is 12.2 Å². The van der Waals surface area contributed by atoms with E-state index < -0.39 is 0 Å². The van der Waals surface area contributed by atoms with Crippen LogP contribution in [-0.4, -0.2) is 50.1 Å². The molecule has 7 heteroatoms. The summed E-state index contributed by atoms with van der Waals surface area (Å²) in [6, 6.07) is 7.61. The van der Waals surface area contributed by atoms with Crippen LogP contribution >= 0.6 is 0 Å². The number of nitrogens with one attached hydrogen (secondary N) is 1. The van der Waals surface area contributed by atoms with Crippen LogP contribution in [0, 0.1) is 5.92 Å². The lowest BCUT2D eigenvalue weighted by Gasteiger charge is -2.26. The number of likely N-dealkylation sites (tertiary alicyclic amines) is 1. The van der Waals surface area contributed by atoms with Crippen LogP contribution in [0.1, 0.15) is 38.5 Å². The quantitative estimate of drug-likeness (QED) is 0.903. The number of carbonyl (C=O) groups is 1. The van der Waals surface area contributed by atoms with E-state index in [0.29, 0.717) is 0 Å². The molecule has 7 nitrogen and oxygen atoms in total. The third kappa shape index (κ3) is 3.71. The molecule has 1 N–H and O–H groups in total. The monoisotopic (exact) mass is 340 g/mol. The van der Waals surface area contributed by atoms with E-state index in [9.17, 15) is 4.79 Å². The highest BCUT2D eigenvalue weighted by molar-refractivity contribution is 5.95. The Morgan fingerprint density at radius 1 is 1.20 bits per heavy atom. The summed E-state index contributed by atoms with van der Waals surface area (Å²) in [6.07, 6.45) is 8.93. The Balaban J connectivity index is 1.41. The van der Waals surface area contributed by atoms with Crippen LogP contribution in [-0.2, 0) is 4.79 Å². The van der Waals surface area contributed by atoms with E-state index in [-0.39, 0.29) is 11.9 Å². The second kappa shape index (κ2) is 7.31. The predicted molar refractivity (Wildman–Crippen MR) is 94.3 cm³/mol. The van der Waals surface area contributed by atoms with Crippen molar-refractivity contribution in [1.82, 2.24) is 25.1 Å². The Morgan fingerprint density at radius 3 is 2.88 bits per heavy atom. The van der Waals surface area contributed by atoms with Gasteiger partial charge in [0.1, 0.15) is 6.33 Å². The summed E-state index contributed by atoms with van der Waals surface area (Å²) in [5.74, 6) is 0.876. The number of benzene rings is 1. The van der Waals surface area contributed by atoms with Crippen molar-refractivity contribution in [3.05, 3.63) is 30.6 Å². The first kappa shape index (κ1) is 16.2. The fourth-order valence-corrected chi connectivity index (χ4v) is 4.10. The minimum atomic E-state index is -0.00251. The molecule has 25 heavy (non-hydrogen) atoms. The summed E-state index contributed by atoms with van der Waals surface area (Å²) < 4.78 is 1.58. The summed E-state index contributed by atoms with van der Waals surface area (Å²) >= 11 is 0. The first-order chi connectivity index (χ1) is 12.3. The average Bonchev–Trinajstić information content (AvgIpc) is 3.38. The lowest BCUT2D eigenvalue weighted by molar-refractivity contribution is -0.120. The molecular formula is C18H24N6O. The highest BCUT2D eigenvalue weighted by atomic mass is 16.2. The molecule has 1 amide bonds. The van der Waals surface area contributed by atoms with Crippen LogP contribution in [0.15, 0.2) is 30.6 Å². The van der Waals surface area contributed by atoms with E-state index in [2.05, 4.69) is 25.7 Å². The van der Waals surface area contributed by atoms with E-state index in [0.717, 1.165) is 43.2 Å². The van der Waals surface area contributed by atoms with Crippen molar-refractivity contribution in [1.29, 1.82) is 0 Å². The third-order valence-electron chi connectivity index (χ3n) is 5.36. The van der Waals surface area contributed by atoms with Gasteiger partial charge in [0.05, 0.1) is 11.7 Å². The predicted octanol–water partition coefficient (Wildman–Crippen LogP) is 2.26. The fraction of sp³-hybridized carbons (Fsp3) is 0.556. The van der Waals surface area contributed by atoms with Crippen molar-refractivity contribution in [2.75, 3.05) is 18.4 Å². The zero-order valence-electron chi connectivity index (χ0n) is 14.3. The van der Waals surface area contributed by atoms with Gasteiger partial charge in [-0.25, -0.2) is 4.68 Å². The number of carbonyl (C=O) groups excluding carboxylic acids is 1. The van der Waals surface area contributed by atoms with Crippen LogP contribution in [0.4, 0.5) is 5.69 Å². The van der Waals surface area contributed by atoms with Crippen molar-refractivity contribution < 1.29 is 4.79 Å². The number of anilines is 1. The van der Waals surface area contributed by atoms with Crippen molar-refractivity contribution >= 4 is 11.6 Å². The maximum Gasteiger partial charge on any atom is 0.241 e. The summed E-state index contributed by atoms with van der Waals surface area (Å²) in [6.45, 7) is 2.11. The van der Waals surface area contributed by atoms with Gasteiger partial charge in [-0.1, -0.05) is 18.9 Å². The highest BCUT2D eigenvalue weighted by Crippen LogP contribution is 2.29. The summed E-state index contributed by atoms with van der Waals surface area (Å²) in [5.41, 5.74) is 1.61.